The summed E-state index contributed by atoms with van der Waals surface area (Å²) in [4.78, 5) is 24.5. The van der Waals surface area contributed by atoms with Crippen molar-refractivity contribution >= 4 is 23.2 Å². The Kier molecular flexibility index (Phi) is 6.63. The van der Waals surface area contributed by atoms with Crippen LogP contribution in [-0.4, -0.2) is 11.8 Å². The smallest absolute Gasteiger partial charge is 0.233 e. The molecule has 0 spiro atoms. The Labute approximate surface area is 170 Å². The molecular weight excluding hydrogens is 364 g/mol. The van der Waals surface area contributed by atoms with Gasteiger partial charge >= 0.3 is 0 Å². The van der Waals surface area contributed by atoms with Crippen molar-refractivity contribution < 1.29 is 14.3 Å². The molecule has 0 unspecified atom stereocenters. The van der Waals surface area contributed by atoms with E-state index in [9.17, 15) is 9.59 Å². The van der Waals surface area contributed by atoms with Crippen LogP contribution in [0.2, 0.25) is 0 Å². The van der Waals surface area contributed by atoms with E-state index < -0.39 is 0 Å². The van der Waals surface area contributed by atoms with Gasteiger partial charge in [-0.05, 0) is 53.9 Å². The van der Waals surface area contributed by atoms with Gasteiger partial charge in [-0.15, -0.1) is 0 Å². The molecule has 148 valence electrons. The molecule has 0 aromatic heterocycles. The van der Waals surface area contributed by atoms with E-state index in [4.69, 9.17) is 4.74 Å². The number of ether oxygens (including phenoxy) is 1. The van der Waals surface area contributed by atoms with Crippen LogP contribution in [0.5, 0.6) is 11.5 Å². The van der Waals surface area contributed by atoms with E-state index in [0.717, 1.165) is 17.0 Å². The van der Waals surface area contributed by atoms with Crippen LogP contribution in [0.4, 0.5) is 11.4 Å². The minimum absolute atomic E-state index is 0.255. The highest BCUT2D eigenvalue weighted by Gasteiger charge is 2.13. The first kappa shape index (κ1) is 20.1. The third-order valence-electron chi connectivity index (χ3n) is 4.29. The van der Waals surface area contributed by atoms with Gasteiger partial charge in [0.1, 0.15) is 17.9 Å². The summed E-state index contributed by atoms with van der Waals surface area (Å²) in [5.41, 5.74) is 2.38. The van der Waals surface area contributed by atoms with Crippen molar-refractivity contribution in [1.29, 1.82) is 0 Å². The van der Waals surface area contributed by atoms with Gasteiger partial charge in [-0.2, -0.15) is 0 Å². The number of anilines is 2. The molecule has 3 aromatic rings. The summed E-state index contributed by atoms with van der Waals surface area (Å²) in [6, 6.07) is 24.1. The maximum Gasteiger partial charge on any atom is 0.233 e. The molecule has 0 saturated heterocycles. The van der Waals surface area contributed by atoms with Crippen molar-refractivity contribution in [2.45, 2.75) is 26.2 Å². The van der Waals surface area contributed by atoms with Crippen LogP contribution in [0.25, 0.3) is 0 Å². The summed E-state index contributed by atoms with van der Waals surface area (Å²) in [6.45, 7) is 4.12. The summed E-state index contributed by atoms with van der Waals surface area (Å²) in [5.74, 6) is 0.956. The second-order valence-electron chi connectivity index (χ2n) is 6.95. The topological polar surface area (TPSA) is 67.4 Å². The predicted molar refractivity (Wildman–Crippen MR) is 115 cm³/mol. The number of carbonyl (C=O) groups excluding carboxylic acids is 2. The van der Waals surface area contributed by atoms with Crippen molar-refractivity contribution in [2.75, 3.05) is 10.6 Å². The first-order valence-electron chi connectivity index (χ1n) is 9.53. The molecule has 29 heavy (non-hydrogen) atoms. The molecule has 0 fully saturated rings. The maximum absolute atomic E-state index is 12.3. The maximum atomic E-state index is 12.3. The number of amides is 2. The monoisotopic (exact) mass is 388 g/mol. The summed E-state index contributed by atoms with van der Waals surface area (Å²) in [7, 11) is 0. The van der Waals surface area contributed by atoms with E-state index in [1.54, 1.807) is 24.3 Å². The summed E-state index contributed by atoms with van der Waals surface area (Å²) >= 11 is 0. The average Bonchev–Trinajstić information content (AvgIpc) is 2.70. The Morgan fingerprint density at radius 3 is 2.03 bits per heavy atom. The number of hydrogen-bond donors (Lipinski definition) is 2. The molecule has 0 atom stereocenters. The van der Waals surface area contributed by atoms with Crippen molar-refractivity contribution in [2.24, 2.45) is 0 Å². The molecule has 2 N–H and O–H groups in total. The zero-order valence-corrected chi connectivity index (χ0v) is 16.5. The third-order valence-corrected chi connectivity index (χ3v) is 4.29. The van der Waals surface area contributed by atoms with Gasteiger partial charge in [-0.1, -0.05) is 50.2 Å². The van der Waals surface area contributed by atoms with Gasteiger partial charge < -0.3 is 15.4 Å². The Morgan fingerprint density at radius 2 is 1.34 bits per heavy atom. The fourth-order valence-corrected chi connectivity index (χ4v) is 2.89. The molecule has 0 bridgehead atoms. The molecule has 0 aliphatic heterocycles. The highest BCUT2D eigenvalue weighted by atomic mass is 16.5. The van der Waals surface area contributed by atoms with E-state index in [-0.39, 0.29) is 24.2 Å². The van der Waals surface area contributed by atoms with E-state index in [1.165, 1.54) is 0 Å². The second-order valence-corrected chi connectivity index (χ2v) is 6.95. The molecule has 0 heterocycles. The lowest BCUT2D eigenvalue weighted by Gasteiger charge is -2.13. The van der Waals surface area contributed by atoms with Crippen LogP contribution in [-0.2, 0) is 9.59 Å². The van der Waals surface area contributed by atoms with Crippen molar-refractivity contribution in [3.63, 3.8) is 0 Å². The fraction of sp³-hybridized carbons (Fsp3) is 0.167. The minimum Gasteiger partial charge on any atom is -0.457 e. The largest absolute Gasteiger partial charge is 0.457 e. The first-order valence-corrected chi connectivity index (χ1v) is 9.53. The predicted octanol–water partition coefficient (Wildman–Crippen LogP) is 5.57. The van der Waals surface area contributed by atoms with Gasteiger partial charge in [0, 0.05) is 11.4 Å². The molecule has 3 rings (SSSR count). The minimum atomic E-state index is -0.374. The van der Waals surface area contributed by atoms with E-state index in [1.807, 2.05) is 54.6 Å². The van der Waals surface area contributed by atoms with Crippen LogP contribution < -0.4 is 15.4 Å². The van der Waals surface area contributed by atoms with Crippen LogP contribution in [0.1, 0.15) is 31.7 Å². The number of carbonyl (C=O) groups is 2. The van der Waals surface area contributed by atoms with Gasteiger partial charge in [-0.3, -0.25) is 9.59 Å². The van der Waals surface area contributed by atoms with Crippen LogP contribution in [0, 0.1) is 0 Å². The molecule has 5 nitrogen and oxygen atoms in total. The normalized spacial score (nSPS) is 10.4. The zero-order chi connectivity index (χ0) is 20.6. The van der Waals surface area contributed by atoms with Crippen LogP contribution >= 0.6 is 0 Å². The standard InChI is InChI=1S/C24H24N2O3/c1-17(2)21-10-6-7-11-22(21)26-24(28)16-23(27)25-18-12-14-20(15-13-18)29-19-8-4-3-5-9-19/h3-15,17H,16H2,1-2H3,(H,25,27)(H,26,28). The van der Waals surface area contributed by atoms with Crippen molar-refractivity contribution in [1.82, 2.24) is 0 Å². The van der Waals surface area contributed by atoms with E-state index in [2.05, 4.69) is 24.5 Å². The first-order chi connectivity index (χ1) is 14.0. The molecular formula is C24H24N2O3. The molecule has 0 aliphatic rings. The van der Waals surface area contributed by atoms with Crippen molar-refractivity contribution in [3.8, 4) is 11.5 Å². The Hall–Kier alpha value is -3.60. The quantitative estimate of drug-likeness (QED) is 0.520. The highest BCUT2D eigenvalue weighted by Crippen LogP contribution is 2.24. The lowest BCUT2D eigenvalue weighted by molar-refractivity contribution is -0.123. The number of para-hydroxylation sites is 2. The number of hydrogen-bond acceptors (Lipinski definition) is 3. The van der Waals surface area contributed by atoms with Crippen LogP contribution in [0.15, 0.2) is 78.9 Å². The second kappa shape index (κ2) is 9.55. The van der Waals surface area contributed by atoms with Crippen molar-refractivity contribution in [3.05, 3.63) is 84.4 Å². The lowest BCUT2D eigenvalue weighted by Crippen LogP contribution is -2.22. The third kappa shape index (κ3) is 5.94. The van der Waals surface area contributed by atoms with E-state index >= 15 is 0 Å². The Bertz CT molecular complexity index is 967. The molecule has 5 heteroatoms. The number of nitrogens with one attached hydrogen (secondary N) is 2. The SMILES string of the molecule is CC(C)c1ccccc1NC(=O)CC(=O)Nc1ccc(Oc2ccccc2)cc1. The van der Waals surface area contributed by atoms with E-state index in [0.29, 0.717) is 11.4 Å². The molecule has 2 amide bonds. The number of rotatable bonds is 7. The summed E-state index contributed by atoms with van der Waals surface area (Å²) < 4.78 is 5.72. The summed E-state index contributed by atoms with van der Waals surface area (Å²) in [6.07, 6.45) is -0.255. The van der Waals surface area contributed by atoms with Gasteiger partial charge in [0.05, 0.1) is 0 Å². The number of benzene rings is 3. The molecule has 0 radical (unpaired) electrons. The van der Waals surface area contributed by atoms with Crippen LogP contribution in [0.3, 0.4) is 0 Å². The van der Waals surface area contributed by atoms with Gasteiger partial charge in [-0.25, -0.2) is 0 Å². The molecule has 0 aliphatic carbocycles. The van der Waals surface area contributed by atoms with Gasteiger partial charge in [0.25, 0.3) is 0 Å². The fourth-order valence-electron chi connectivity index (χ4n) is 2.89. The Morgan fingerprint density at radius 1 is 0.759 bits per heavy atom. The molecule has 3 aromatic carbocycles. The lowest BCUT2D eigenvalue weighted by atomic mass is 10.0. The molecule has 0 saturated carbocycles. The zero-order valence-electron chi connectivity index (χ0n) is 16.5. The van der Waals surface area contributed by atoms with Gasteiger partial charge in [0.2, 0.25) is 11.8 Å². The average molecular weight is 388 g/mol. The summed E-state index contributed by atoms with van der Waals surface area (Å²) in [5, 5.41) is 5.56. The highest BCUT2D eigenvalue weighted by molar-refractivity contribution is 6.08. The van der Waals surface area contributed by atoms with Gasteiger partial charge in [0.15, 0.2) is 0 Å². The Balaban J connectivity index is 1.53.